The van der Waals surface area contributed by atoms with Crippen LogP contribution in [0.3, 0.4) is 0 Å². The molecular formula is C11H11NO2. The van der Waals surface area contributed by atoms with E-state index in [2.05, 4.69) is 0 Å². The lowest BCUT2D eigenvalue weighted by atomic mass is 10.1. The Hall–Kier alpha value is -1.77. The lowest BCUT2D eigenvalue weighted by Gasteiger charge is -2.12. The third-order valence-corrected chi connectivity index (χ3v) is 2.16. The maximum absolute atomic E-state index is 11.7. The quantitative estimate of drug-likeness (QED) is 0.688. The first kappa shape index (κ1) is 8.81. The number of fused-ring (bicyclic) bond motifs is 1. The van der Waals surface area contributed by atoms with Crippen molar-refractivity contribution >= 4 is 5.91 Å². The summed E-state index contributed by atoms with van der Waals surface area (Å²) in [6, 6.07) is 5.75. The van der Waals surface area contributed by atoms with Crippen LogP contribution < -0.4 is 0 Å². The van der Waals surface area contributed by atoms with Gasteiger partial charge < -0.3 is 9.32 Å². The molecular weight excluding hydrogens is 178 g/mol. The summed E-state index contributed by atoms with van der Waals surface area (Å²) in [7, 11) is 3.45. The SMILES string of the molecule is CN(C)C(=O)c1cocc2cccc1-2. The van der Waals surface area contributed by atoms with Crippen LogP contribution in [-0.4, -0.2) is 24.9 Å². The van der Waals surface area contributed by atoms with Crippen molar-refractivity contribution < 1.29 is 9.21 Å². The van der Waals surface area contributed by atoms with Crippen LogP contribution in [0.15, 0.2) is 35.1 Å². The van der Waals surface area contributed by atoms with Crippen LogP contribution in [-0.2, 0) is 0 Å². The lowest BCUT2D eigenvalue weighted by Crippen LogP contribution is -2.22. The summed E-state index contributed by atoms with van der Waals surface area (Å²) < 4.78 is 5.10. The van der Waals surface area contributed by atoms with E-state index in [-0.39, 0.29) is 5.91 Å². The molecule has 0 aromatic rings. The van der Waals surface area contributed by atoms with Crippen molar-refractivity contribution in [1.29, 1.82) is 0 Å². The summed E-state index contributed by atoms with van der Waals surface area (Å²) in [5.41, 5.74) is 2.50. The maximum atomic E-state index is 11.7. The molecule has 2 rings (SSSR count). The third kappa shape index (κ3) is 1.27. The van der Waals surface area contributed by atoms with Crippen molar-refractivity contribution in [2.45, 2.75) is 0 Å². The maximum Gasteiger partial charge on any atom is 0.257 e. The predicted molar refractivity (Wildman–Crippen MR) is 53.3 cm³/mol. The van der Waals surface area contributed by atoms with Crippen LogP contribution >= 0.6 is 0 Å². The summed E-state index contributed by atoms with van der Waals surface area (Å²) in [6.45, 7) is 0. The minimum atomic E-state index is -0.0365. The van der Waals surface area contributed by atoms with Crippen molar-refractivity contribution in [3.8, 4) is 11.1 Å². The Morgan fingerprint density at radius 1 is 1.29 bits per heavy atom. The highest BCUT2D eigenvalue weighted by atomic mass is 16.3. The van der Waals surface area contributed by atoms with Crippen LogP contribution in [0, 0.1) is 0 Å². The fourth-order valence-corrected chi connectivity index (χ4v) is 1.43. The Kier molecular flexibility index (Phi) is 2.00. The monoisotopic (exact) mass is 189 g/mol. The van der Waals surface area contributed by atoms with Gasteiger partial charge in [-0.3, -0.25) is 4.79 Å². The first-order valence-electron chi connectivity index (χ1n) is 4.36. The van der Waals surface area contributed by atoms with Crippen LogP contribution in [0.1, 0.15) is 10.4 Å². The van der Waals surface area contributed by atoms with Gasteiger partial charge in [-0.2, -0.15) is 0 Å². The predicted octanol–water partition coefficient (Wildman–Crippen LogP) is 2.09. The van der Waals surface area contributed by atoms with E-state index in [0.717, 1.165) is 11.1 Å². The lowest BCUT2D eigenvalue weighted by molar-refractivity contribution is 0.0826. The first-order valence-corrected chi connectivity index (χ1v) is 4.36. The first-order chi connectivity index (χ1) is 6.70. The van der Waals surface area contributed by atoms with E-state index < -0.39 is 0 Å². The molecule has 0 spiro atoms. The normalized spacial score (nSPS) is 10.4. The van der Waals surface area contributed by atoms with E-state index in [4.69, 9.17) is 4.42 Å². The van der Waals surface area contributed by atoms with Crippen LogP contribution in [0.5, 0.6) is 0 Å². The molecule has 0 aromatic carbocycles. The third-order valence-electron chi connectivity index (χ3n) is 2.16. The number of amides is 1. The van der Waals surface area contributed by atoms with Gasteiger partial charge in [-0.1, -0.05) is 18.2 Å². The molecule has 0 unspecified atom stereocenters. The molecule has 0 atom stereocenters. The van der Waals surface area contributed by atoms with Gasteiger partial charge in [0.2, 0.25) is 0 Å². The molecule has 1 aliphatic carbocycles. The standard InChI is InChI=1S/C11H11NO2/c1-12(2)11(13)10-7-14-6-8-4-3-5-9(8)10/h3-7H,1-2H3. The Morgan fingerprint density at radius 2 is 2.07 bits per heavy atom. The Labute approximate surface area is 82.3 Å². The zero-order valence-corrected chi connectivity index (χ0v) is 8.15. The number of hydrogen-bond donors (Lipinski definition) is 0. The van der Waals surface area contributed by atoms with Gasteiger partial charge >= 0.3 is 0 Å². The topological polar surface area (TPSA) is 33.5 Å². The van der Waals surface area contributed by atoms with E-state index in [0.29, 0.717) is 5.56 Å². The molecule has 0 radical (unpaired) electrons. The number of carbonyl (C=O) groups is 1. The minimum Gasteiger partial charge on any atom is -0.471 e. The Morgan fingerprint density at radius 3 is 2.79 bits per heavy atom. The molecule has 14 heavy (non-hydrogen) atoms. The van der Waals surface area contributed by atoms with Gasteiger partial charge in [0.25, 0.3) is 5.91 Å². The average molecular weight is 189 g/mol. The molecule has 2 aliphatic rings. The highest BCUT2D eigenvalue weighted by Gasteiger charge is 2.16. The largest absolute Gasteiger partial charge is 0.471 e. The number of hydrogen-bond acceptors (Lipinski definition) is 2. The van der Waals surface area contributed by atoms with Crippen molar-refractivity contribution in [3.63, 3.8) is 0 Å². The zero-order chi connectivity index (χ0) is 10.1. The van der Waals surface area contributed by atoms with Gasteiger partial charge in [0.05, 0.1) is 11.8 Å². The summed E-state index contributed by atoms with van der Waals surface area (Å²) in [5.74, 6) is -0.0365. The molecule has 3 heteroatoms. The molecule has 0 saturated carbocycles. The van der Waals surface area contributed by atoms with E-state index in [1.165, 1.54) is 11.2 Å². The summed E-state index contributed by atoms with van der Waals surface area (Å²) in [5, 5.41) is 0. The Bertz CT molecular complexity index is 431. The summed E-state index contributed by atoms with van der Waals surface area (Å²) >= 11 is 0. The molecule has 3 nitrogen and oxygen atoms in total. The van der Waals surface area contributed by atoms with Gasteiger partial charge in [0.15, 0.2) is 0 Å². The molecule has 0 N–H and O–H groups in total. The number of rotatable bonds is 1. The summed E-state index contributed by atoms with van der Waals surface area (Å²) in [6.07, 6.45) is 3.13. The van der Waals surface area contributed by atoms with Crippen molar-refractivity contribution in [3.05, 3.63) is 36.3 Å². The van der Waals surface area contributed by atoms with Gasteiger partial charge in [-0.05, 0) is 0 Å². The molecule has 0 bridgehead atoms. The van der Waals surface area contributed by atoms with Crippen molar-refractivity contribution in [1.82, 2.24) is 4.90 Å². The molecule has 0 aromatic heterocycles. The van der Waals surface area contributed by atoms with Crippen LogP contribution in [0.25, 0.3) is 11.1 Å². The molecule has 0 fully saturated rings. The van der Waals surface area contributed by atoms with Gasteiger partial charge in [0, 0.05) is 25.2 Å². The van der Waals surface area contributed by atoms with Gasteiger partial charge in [-0.15, -0.1) is 0 Å². The second-order valence-corrected chi connectivity index (χ2v) is 3.38. The fraction of sp³-hybridized carbons (Fsp3) is 0.182. The molecule has 1 aliphatic heterocycles. The van der Waals surface area contributed by atoms with Crippen LogP contribution in [0.4, 0.5) is 0 Å². The molecule has 1 heterocycles. The minimum absolute atomic E-state index is 0.0365. The second-order valence-electron chi connectivity index (χ2n) is 3.38. The van der Waals surface area contributed by atoms with E-state index >= 15 is 0 Å². The average Bonchev–Trinajstić information content (AvgIpc) is 2.63. The Balaban J connectivity index is 2.54. The smallest absolute Gasteiger partial charge is 0.257 e. The van der Waals surface area contributed by atoms with Crippen LogP contribution in [0.2, 0.25) is 0 Å². The van der Waals surface area contributed by atoms with Crippen molar-refractivity contribution in [2.24, 2.45) is 0 Å². The number of nitrogens with zero attached hydrogens (tertiary/aromatic N) is 1. The van der Waals surface area contributed by atoms with E-state index in [9.17, 15) is 4.79 Å². The molecule has 72 valence electrons. The molecule has 1 amide bonds. The highest BCUT2D eigenvalue weighted by Crippen LogP contribution is 2.27. The van der Waals surface area contributed by atoms with Crippen molar-refractivity contribution in [2.75, 3.05) is 14.1 Å². The summed E-state index contributed by atoms with van der Waals surface area (Å²) in [4.78, 5) is 13.3. The second kappa shape index (κ2) is 3.18. The van der Waals surface area contributed by atoms with Gasteiger partial charge in [0.1, 0.15) is 6.26 Å². The van der Waals surface area contributed by atoms with E-state index in [1.54, 1.807) is 20.4 Å². The van der Waals surface area contributed by atoms with E-state index in [1.807, 2.05) is 18.2 Å². The highest BCUT2D eigenvalue weighted by molar-refractivity contribution is 6.00. The number of carbonyl (C=O) groups excluding carboxylic acids is 1. The molecule has 0 saturated heterocycles. The van der Waals surface area contributed by atoms with Gasteiger partial charge in [-0.25, -0.2) is 0 Å². The fourth-order valence-electron chi connectivity index (χ4n) is 1.43. The zero-order valence-electron chi connectivity index (χ0n) is 8.15.